The van der Waals surface area contributed by atoms with Gasteiger partial charge in [0.05, 0.1) is 5.71 Å². The Hall–Kier alpha value is -2.42. The van der Waals surface area contributed by atoms with E-state index in [-0.39, 0.29) is 11.8 Å². The third-order valence-electron chi connectivity index (χ3n) is 4.70. The van der Waals surface area contributed by atoms with E-state index in [0.29, 0.717) is 11.8 Å². The highest BCUT2D eigenvalue weighted by Crippen LogP contribution is 2.47. The maximum Gasteiger partial charge on any atom is 0.243 e. The van der Waals surface area contributed by atoms with Crippen LogP contribution < -0.4 is 5.43 Å². The molecule has 0 saturated heterocycles. The molecule has 130 valence electrons. The van der Waals surface area contributed by atoms with E-state index in [1.807, 2.05) is 25.1 Å². The van der Waals surface area contributed by atoms with Crippen LogP contribution in [0.3, 0.4) is 0 Å². The molecule has 2 aromatic carbocycles. The maximum absolute atomic E-state index is 12.3. The summed E-state index contributed by atoms with van der Waals surface area (Å²) in [6.07, 6.45) is 1.99. The molecule has 3 rings (SSSR count). The van der Waals surface area contributed by atoms with E-state index in [2.05, 4.69) is 60.8 Å². The molecular formula is C22H26N2O. The average molecular weight is 334 g/mol. The van der Waals surface area contributed by atoms with Crippen LogP contribution in [0.2, 0.25) is 0 Å². The zero-order chi connectivity index (χ0) is 17.8. The van der Waals surface area contributed by atoms with Crippen molar-refractivity contribution in [1.82, 2.24) is 5.43 Å². The minimum Gasteiger partial charge on any atom is -0.273 e. The molecule has 0 spiro atoms. The molecule has 0 aliphatic heterocycles. The highest BCUT2D eigenvalue weighted by molar-refractivity contribution is 5.99. The van der Waals surface area contributed by atoms with Crippen molar-refractivity contribution < 1.29 is 4.79 Å². The molecule has 1 saturated carbocycles. The Morgan fingerprint density at radius 1 is 1.12 bits per heavy atom. The molecule has 0 unspecified atom stereocenters. The van der Waals surface area contributed by atoms with Crippen LogP contribution in [0.1, 0.15) is 49.8 Å². The Balaban J connectivity index is 1.56. The fourth-order valence-corrected chi connectivity index (χ4v) is 3.19. The molecule has 3 heteroatoms. The molecule has 2 atom stereocenters. The minimum absolute atomic E-state index is 0.0182. The molecule has 0 aromatic heterocycles. The van der Waals surface area contributed by atoms with Crippen molar-refractivity contribution in [3.63, 3.8) is 0 Å². The molecule has 2 aromatic rings. The van der Waals surface area contributed by atoms with Crippen molar-refractivity contribution in [2.24, 2.45) is 16.9 Å². The summed E-state index contributed by atoms with van der Waals surface area (Å²) in [5, 5.41) is 4.29. The first kappa shape index (κ1) is 17.4. The lowest BCUT2D eigenvalue weighted by Gasteiger charge is -2.07. The van der Waals surface area contributed by atoms with Crippen LogP contribution >= 0.6 is 0 Å². The lowest BCUT2D eigenvalue weighted by atomic mass is 10.0. The van der Waals surface area contributed by atoms with Gasteiger partial charge in [-0.1, -0.05) is 68.4 Å². The number of nitrogens with zero attached hydrogens (tertiary/aromatic N) is 1. The van der Waals surface area contributed by atoms with Crippen molar-refractivity contribution >= 4 is 11.6 Å². The summed E-state index contributed by atoms with van der Waals surface area (Å²) in [6.45, 7) is 6.37. The van der Waals surface area contributed by atoms with Crippen LogP contribution in [0.5, 0.6) is 0 Å². The van der Waals surface area contributed by atoms with E-state index in [1.165, 1.54) is 11.1 Å². The van der Waals surface area contributed by atoms with Gasteiger partial charge in [0.2, 0.25) is 5.91 Å². The summed E-state index contributed by atoms with van der Waals surface area (Å²) in [4.78, 5) is 12.3. The van der Waals surface area contributed by atoms with E-state index in [9.17, 15) is 4.79 Å². The number of benzene rings is 2. The summed E-state index contributed by atoms with van der Waals surface area (Å²) in [5.74, 6) is 1.06. The van der Waals surface area contributed by atoms with E-state index in [0.717, 1.165) is 24.1 Å². The molecule has 1 fully saturated rings. The molecule has 0 bridgehead atoms. The van der Waals surface area contributed by atoms with Crippen molar-refractivity contribution in [3.8, 4) is 0 Å². The van der Waals surface area contributed by atoms with Crippen LogP contribution in [-0.4, -0.2) is 11.6 Å². The Labute approximate surface area is 150 Å². The summed E-state index contributed by atoms with van der Waals surface area (Å²) in [5.41, 5.74) is 7.19. The lowest BCUT2D eigenvalue weighted by molar-refractivity contribution is -0.122. The molecule has 25 heavy (non-hydrogen) atoms. The van der Waals surface area contributed by atoms with Crippen LogP contribution in [0, 0.1) is 11.8 Å². The summed E-state index contributed by atoms with van der Waals surface area (Å²) in [7, 11) is 0. The zero-order valence-electron chi connectivity index (χ0n) is 15.2. The highest BCUT2D eigenvalue weighted by Gasteiger charge is 2.43. The van der Waals surface area contributed by atoms with Crippen LogP contribution in [-0.2, 0) is 11.2 Å². The third kappa shape index (κ3) is 4.56. The first-order chi connectivity index (χ1) is 12.0. The standard InChI is InChI=1S/C22H26N2O/c1-15(2)13-17-9-11-18(12-10-17)16(3)23-24-22(25)21-14-20(21)19-7-5-4-6-8-19/h4-12,15,20-21H,13-14H2,1-3H3,(H,24,25)/b23-16-/t20-,21-/m1/s1. The van der Waals surface area contributed by atoms with Gasteiger partial charge < -0.3 is 0 Å². The number of nitrogens with one attached hydrogen (secondary N) is 1. The summed E-state index contributed by atoms with van der Waals surface area (Å²) in [6, 6.07) is 18.7. The largest absolute Gasteiger partial charge is 0.273 e. The Morgan fingerprint density at radius 3 is 2.44 bits per heavy atom. The molecular weight excluding hydrogens is 308 g/mol. The maximum atomic E-state index is 12.3. The van der Waals surface area contributed by atoms with E-state index in [4.69, 9.17) is 0 Å². The van der Waals surface area contributed by atoms with E-state index in [1.54, 1.807) is 0 Å². The second-order valence-corrected chi connectivity index (χ2v) is 7.33. The second-order valence-electron chi connectivity index (χ2n) is 7.33. The molecule has 0 radical (unpaired) electrons. The number of hydrazone groups is 1. The van der Waals surface area contributed by atoms with Crippen molar-refractivity contribution in [2.75, 3.05) is 0 Å². The average Bonchev–Trinajstić information content (AvgIpc) is 3.41. The predicted octanol–water partition coefficient (Wildman–Crippen LogP) is 4.53. The molecule has 1 aliphatic carbocycles. The normalized spacial score (nSPS) is 19.8. The van der Waals surface area contributed by atoms with Crippen molar-refractivity contribution in [2.45, 2.75) is 39.5 Å². The number of hydrogen-bond donors (Lipinski definition) is 1. The SMILES string of the molecule is C/C(=N/NC(=O)[C@@H]1C[C@@H]1c1ccccc1)c1ccc(CC(C)C)cc1. The van der Waals surface area contributed by atoms with Crippen molar-refractivity contribution in [3.05, 3.63) is 71.3 Å². The van der Waals surface area contributed by atoms with Gasteiger partial charge in [-0.05, 0) is 48.3 Å². The van der Waals surface area contributed by atoms with Crippen LogP contribution in [0.4, 0.5) is 0 Å². The smallest absolute Gasteiger partial charge is 0.243 e. The summed E-state index contributed by atoms with van der Waals surface area (Å²) < 4.78 is 0. The minimum atomic E-state index is 0.0182. The quantitative estimate of drug-likeness (QED) is 0.612. The number of rotatable bonds is 6. The number of hydrogen-bond acceptors (Lipinski definition) is 2. The van der Waals surface area contributed by atoms with Crippen LogP contribution in [0.25, 0.3) is 0 Å². The molecule has 3 nitrogen and oxygen atoms in total. The van der Waals surface area contributed by atoms with Gasteiger partial charge in [0, 0.05) is 5.92 Å². The van der Waals surface area contributed by atoms with E-state index >= 15 is 0 Å². The fraction of sp³-hybridized carbons (Fsp3) is 0.364. The van der Waals surface area contributed by atoms with Gasteiger partial charge >= 0.3 is 0 Å². The van der Waals surface area contributed by atoms with Gasteiger partial charge in [-0.2, -0.15) is 5.10 Å². The van der Waals surface area contributed by atoms with Gasteiger partial charge in [-0.15, -0.1) is 0 Å². The van der Waals surface area contributed by atoms with Crippen molar-refractivity contribution in [1.29, 1.82) is 0 Å². The monoisotopic (exact) mass is 334 g/mol. The lowest BCUT2D eigenvalue weighted by Crippen LogP contribution is -2.21. The zero-order valence-corrected chi connectivity index (χ0v) is 15.2. The highest BCUT2D eigenvalue weighted by atomic mass is 16.2. The third-order valence-corrected chi connectivity index (χ3v) is 4.70. The number of amides is 1. The first-order valence-electron chi connectivity index (χ1n) is 9.03. The predicted molar refractivity (Wildman–Crippen MR) is 103 cm³/mol. The fourth-order valence-electron chi connectivity index (χ4n) is 3.19. The molecule has 0 heterocycles. The van der Waals surface area contributed by atoms with E-state index < -0.39 is 0 Å². The second kappa shape index (κ2) is 7.64. The van der Waals surface area contributed by atoms with Gasteiger partial charge in [0.15, 0.2) is 0 Å². The van der Waals surface area contributed by atoms with Gasteiger partial charge in [0.25, 0.3) is 0 Å². The van der Waals surface area contributed by atoms with Gasteiger partial charge in [0.1, 0.15) is 0 Å². The Bertz CT molecular complexity index is 747. The topological polar surface area (TPSA) is 41.5 Å². The number of carbonyl (C=O) groups excluding carboxylic acids is 1. The number of carbonyl (C=O) groups is 1. The van der Waals surface area contributed by atoms with Crippen LogP contribution in [0.15, 0.2) is 59.7 Å². The molecule has 1 N–H and O–H groups in total. The Morgan fingerprint density at radius 2 is 1.80 bits per heavy atom. The first-order valence-corrected chi connectivity index (χ1v) is 9.03. The Kier molecular flexibility index (Phi) is 5.32. The van der Waals surface area contributed by atoms with Gasteiger partial charge in [-0.3, -0.25) is 4.79 Å². The molecule has 1 amide bonds. The molecule has 1 aliphatic rings. The summed E-state index contributed by atoms with van der Waals surface area (Å²) >= 11 is 0. The van der Waals surface area contributed by atoms with Gasteiger partial charge in [-0.25, -0.2) is 5.43 Å².